The molecule has 2 aliphatic rings. The van der Waals surface area contributed by atoms with Crippen LogP contribution in [0.15, 0.2) is 0 Å². The fraction of sp³-hybridized carbons (Fsp3) is 1.00. The van der Waals surface area contributed by atoms with E-state index in [2.05, 4.69) is 18.7 Å². The van der Waals surface area contributed by atoms with Gasteiger partial charge in [0.25, 0.3) is 0 Å². The zero-order valence-corrected chi connectivity index (χ0v) is 13.6. The van der Waals surface area contributed by atoms with Crippen molar-refractivity contribution in [2.75, 3.05) is 19.6 Å². The van der Waals surface area contributed by atoms with Crippen LogP contribution in [-0.4, -0.2) is 35.7 Å². The molecule has 0 bridgehead atoms. The highest BCUT2D eigenvalue weighted by molar-refractivity contribution is 4.79. The summed E-state index contributed by atoms with van der Waals surface area (Å²) in [5.74, 6) is 2.68. The maximum atomic E-state index is 9.51. The van der Waals surface area contributed by atoms with E-state index in [0.29, 0.717) is 0 Å². The molecule has 1 N–H and O–H groups in total. The van der Waals surface area contributed by atoms with Crippen LogP contribution >= 0.6 is 0 Å². The summed E-state index contributed by atoms with van der Waals surface area (Å²) < 4.78 is 0. The van der Waals surface area contributed by atoms with Crippen LogP contribution in [0, 0.1) is 17.8 Å². The van der Waals surface area contributed by atoms with E-state index in [1.165, 1.54) is 45.3 Å². The third-order valence-electron chi connectivity index (χ3n) is 4.91. The molecule has 1 aliphatic heterocycles. The highest BCUT2D eigenvalue weighted by Gasteiger charge is 2.25. The Hall–Kier alpha value is -0.0800. The fourth-order valence-corrected chi connectivity index (χ4v) is 3.49. The lowest BCUT2D eigenvalue weighted by Gasteiger charge is -2.37. The Morgan fingerprint density at radius 1 is 0.947 bits per heavy atom. The number of aliphatic hydroxyl groups is 1. The largest absolute Gasteiger partial charge is 0.393 e. The third kappa shape index (κ3) is 5.83. The number of rotatable bonds is 3. The second kappa shape index (κ2) is 8.97. The highest BCUT2D eigenvalue weighted by atomic mass is 16.3. The van der Waals surface area contributed by atoms with Crippen LogP contribution in [0.4, 0.5) is 0 Å². The number of hydrogen-bond donors (Lipinski definition) is 1. The average molecular weight is 269 g/mol. The van der Waals surface area contributed by atoms with Crippen molar-refractivity contribution < 1.29 is 5.11 Å². The molecule has 1 heterocycles. The van der Waals surface area contributed by atoms with Crippen molar-refractivity contribution in [3.05, 3.63) is 0 Å². The molecular formula is C17H35NO. The molecule has 114 valence electrons. The van der Waals surface area contributed by atoms with Crippen molar-refractivity contribution >= 4 is 0 Å². The number of nitrogens with zero attached hydrogens (tertiary/aromatic N) is 1. The number of likely N-dealkylation sites (tertiary alicyclic amines) is 1. The van der Waals surface area contributed by atoms with Crippen LogP contribution in [0.1, 0.15) is 66.2 Å². The molecule has 0 aromatic heterocycles. The first-order chi connectivity index (χ1) is 9.15. The van der Waals surface area contributed by atoms with Crippen LogP contribution in [0.2, 0.25) is 0 Å². The minimum absolute atomic E-state index is 0.00192. The SMILES string of the molecule is CC.CC(C)C1CCN(CC2CCC(O)CC2)CC1. The Balaban J connectivity index is 0.000000861. The minimum Gasteiger partial charge on any atom is -0.393 e. The standard InChI is InChI=1S/C15H29NO.C2H6/c1-12(2)14-7-9-16(10-8-14)11-13-3-5-15(17)6-4-13;1-2/h12-15,17H,3-11H2,1-2H3;1-2H3. The van der Waals surface area contributed by atoms with Gasteiger partial charge in [-0.05, 0) is 69.4 Å². The van der Waals surface area contributed by atoms with Crippen LogP contribution in [0.3, 0.4) is 0 Å². The molecule has 19 heavy (non-hydrogen) atoms. The molecule has 2 fully saturated rings. The fourth-order valence-electron chi connectivity index (χ4n) is 3.49. The minimum atomic E-state index is -0.00192. The molecule has 1 saturated carbocycles. The number of hydrogen-bond acceptors (Lipinski definition) is 2. The van der Waals surface area contributed by atoms with Crippen molar-refractivity contribution in [1.82, 2.24) is 4.90 Å². The summed E-state index contributed by atoms with van der Waals surface area (Å²) in [5.41, 5.74) is 0. The number of aliphatic hydroxyl groups excluding tert-OH is 1. The van der Waals surface area contributed by atoms with E-state index < -0.39 is 0 Å². The number of piperidine rings is 1. The quantitative estimate of drug-likeness (QED) is 0.839. The molecule has 0 unspecified atom stereocenters. The van der Waals surface area contributed by atoms with E-state index in [-0.39, 0.29) is 6.10 Å². The predicted octanol–water partition coefficient (Wildman–Crippen LogP) is 3.93. The molecule has 2 nitrogen and oxygen atoms in total. The van der Waals surface area contributed by atoms with Gasteiger partial charge in [-0.15, -0.1) is 0 Å². The predicted molar refractivity (Wildman–Crippen MR) is 83.3 cm³/mol. The zero-order valence-electron chi connectivity index (χ0n) is 13.6. The van der Waals surface area contributed by atoms with Gasteiger partial charge in [0.1, 0.15) is 0 Å². The highest BCUT2D eigenvalue weighted by Crippen LogP contribution is 2.28. The van der Waals surface area contributed by atoms with Crippen LogP contribution in [0.25, 0.3) is 0 Å². The summed E-state index contributed by atoms with van der Waals surface area (Å²) in [6.45, 7) is 12.6. The molecule has 0 radical (unpaired) electrons. The van der Waals surface area contributed by atoms with Gasteiger partial charge in [0, 0.05) is 6.54 Å². The normalized spacial score (nSPS) is 30.0. The van der Waals surface area contributed by atoms with E-state index in [9.17, 15) is 5.11 Å². The summed E-state index contributed by atoms with van der Waals surface area (Å²) in [7, 11) is 0. The van der Waals surface area contributed by atoms with Gasteiger partial charge in [-0.1, -0.05) is 27.7 Å². The van der Waals surface area contributed by atoms with Gasteiger partial charge in [0.05, 0.1) is 6.10 Å². The molecule has 0 aromatic rings. The summed E-state index contributed by atoms with van der Waals surface area (Å²) in [6.07, 6.45) is 7.34. The Morgan fingerprint density at radius 3 is 1.95 bits per heavy atom. The Labute approximate surface area is 120 Å². The van der Waals surface area contributed by atoms with Crippen molar-refractivity contribution in [3.8, 4) is 0 Å². The van der Waals surface area contributed by atoms with Gasteiger partial charge in [0.2, 0.25) is 0 Å². The topological polar surface area (TPSA) is 23.5 Å². The maximum Gasteiger partial charge on any atom is 0.0540 e. The first-order valence-corrected chi connectivity index (χ1v) is 8.55. The van der Waals surface area contributed by atoms with E-state index in [1.54, 1.807) is 0 Å². The average Bonchev–Trinajstić information content (AvgIpc) is 2.44. The monoisotopic (exact) mass is 269 g/mol. The summed E-state index contributed by atoms with van der Waals surface area (Å²) in [6, 6.07) is 0. The van der Waals surface area contributed by atoms with E-state index >= 15 is 0 Å². The molecule has 2 rings (SSSR count). The molecule has 0 spiro atoms. The second-order valence-corrected chi connectivity index (χ2v) is 6.56. The Morgan fingerprint density at radius 2 is 1.47 bits per heavy atom. The summed E-state index contributed by atoms with van der Waals surface area (Å²) >= 11 is 0. The Kier molecular flexibility index (Phi) is 8.01. The van der Waals surface area contributed by atoms with Crippen molar-refractivity contribution in [2.24, 2.45) is 17.8 Å². The van der Waals surface area contributed by atoms with Crippen LogP contribution in [-0.2, 0) is 0 Å². The van der Waals surface area contributed by atoms with Crippen LogP contribution in [0.5, 0.6) is 0 Å². The first kappa shape index (κ1) is 17.0. The van der Waals surface area contributed by atoms with Crippen LogP contribution < -0.4 is 0 Å². The van der Waals surface area contributed by atoms with Crippen molar-refractivity contribution in [3.63, 3.8) is 0 Å². The van der Waals surface area contributed by atoms with Gasteiger partial charge in [-0.25, -0.2) is 0 Å². The molecule has 0 amide bonds. The van der Waals surface area contributed by atoms with Gasteiger partial charge in [-0.3, -0.25) is 0 Å². The van der Waals surface area contributed by atoms with E-state index in [1.807, 2.05) is 13.8 Å². The molecule has 1 saturated heterocycles. The lowest BCUT2D eigenvalue weighted by atomic mass is 9.84. The first-order valence-electron chi connectivity index (χ1n) is 8.55. The summed E-state index contributed by atoms with van der Waals surface area (Å²) in [4.78, 5) is 2.67. The molecule has 2 heteroatoms. The zero-order chi connectivity index (χ0) is 14.3. The van der Waals surface area contributed by atoms with E-state index in [0.717, 1.165) is 30.6 Å². The van der Waals surface area contributed by atoms with Gasteiger partial charge >= 0.3 is 0 Å². The molecule has 0 atom stereocenters. The van der Waals surface area contributed by atoms with Gasteiger partial charge in [0.15, 0.2) is 0 Å². The van der Waals surface area contributed by atoms with Gasteiger partial charge in [-0.2, -0.15) is 0 Å². The lowest BCUT2D eigenvalue weighted by Crippen LogP contribution is -2.39. The van der Waals surface area contributed by atoms with Gasteiger partial charge < -0.3 is 10.0 Å². The summed E-state index contributed by atoms with van der Waals surface area (Å²) in [5, 5.41) is 9.51. The molecule has 0 aromatic carbocycles. The third-order valence-corrected chi connectivity index (χ3v) is 4.91. The second-order valence-electron chi connectivity index (χ2n) is 6.56. The van der Waals surface area contributed by atoms with Crippen molar-refractivity contribution in [1.29, 1.82) is 0 Å². The smallest absolute Gasteiger partial charge is 0.0540 e. The lowest BCUT2D eigenvalue weighted by molar-refractivity contribution is 0.0810. The molecule has 1 aliphatic carbocycles. The maximum absolute atomic E-state index is 9.51. The Bertz CT molecular complexity index is 213. The molecular weight excluding hydrogens is 234 g/mol. The van der Waals surface area contributed by atoms with E-state index in [4.69, 9.17) is 0 Å². The van der Waals surface area contributed by atoms with Crippen molar-refractivity contribution in [2.45, 2.75) is 72.3 Å².